The van der Waals surface area contributed by atoms with Crippen molar-refractivity contribution in [2.45, 2.75) is 0 Å². The maximum atomic E-state index is 12.7. The standard InChI is InChI=1S/C12H8ClFO/c13-11-7-9(3-6-12(11)15)8-1-4-10(14)5-2-8/h1-7,15H. The summed E-state index contributed by atoms with van der Waals surface area (Å²) >= 11 is 5.77. The normalized spacial score (nSPS) is 10.3. The largest absolute Gasteiger partial charge is 0.506 e. The monoisotopic (exact) mass is 222 g/mol. The molecule has 0 fully saturated rings. The Bertz CT molecular complexity index is 479. The van der Waals surface area contributed by atoms with Gasteiger partial charge in [0.05, 0.1) is 5.02 Å². The van der Waals surface area contributed by atoms with E-state index in [1.54, 1.807) is 24.3 Å². The molecule has 0 aliphatic heterocycles. The molecule has 2 aromatic rings. The molecule has 1 N–H and O–H groups in total. The highest BCUT2D eigenvalue weighted by molar-refractivity contribution is 6.32. The molecule has 2 aromatic carbocycles. The first-order chi connectivity index (χ1) is 7.16. The van der Waals surface area contributed by atoms with Crippen molar-refractivity contribution in [3.63, 3.8) is 0 Å². The summed E-state index contributed by atoms with van der Waals surface area (Å²) in [5, 5.41) is 9.53. The zero-order valence-electron chi connectivity index (χ0n) is 7.74. The summed E-state index contributed by atoms with van der Waals surface area (Å²) in [6.45, 7) is 0. The van der Waals surface area contributed by atoms with Gasteiger partial charge in [-0.05, 0) is 35.4 Å². The minimum atomic E-state index is -0.274. The van der Waals surface area contributed by atoms with E-state index in [4.69, 9.17) is 11.6 Å². The maximum absolute atomic E-state index is 12.7. The number of benzene rings is 2. The molecule has 0 aliphatic rings. The number of hydrogen-bond donors (Lipinski definition) is 1. The quantitative estimate of drug-likeness (QED) is 0.777. The van der Waals surface area contributed by atoms with Crippen LogP contribution in [0, 0.1) is 5.82 Å². The summed E-state index contributed by atoms with van der Waals surface area (Å²) < 4.78 is 12.7. The second kappa shape index (κ2) is 3.91. The van der Waals surface area contributed by atoms with Crippen molar-refractivity contribution in [1.29, 1.82) is 0 Å². The Morgan fingerprint density at radius 1 is 0.933 bits per heavy atom. The third-order valence-electron chi connectivity index (χ3n) is 2.13. The molecule has 1 nitrogen and oxygen atoms in total. The van der Waals surface area contributed by atoms with Gasteiger partial charge in [0.15, 0.2) is 0 Å². The summed E-state index contributed by atoms with van der Waals surface area (Å²) in [5.74, 6) is -0.230. The van der Waals surface area contributed by atoms with E-state index in [-0.39, 0.29) is 16.6 Å². The van der Waals surface area contributed by atoms with Gasteiger partial charge < -0.3 is 5.11 Å². The van der Waals surface area contributed by atoms with Gasteiger partial charge in [0.2, 0.25) is 0 Å². The topological polar surface area (TPSA) is 20.2 Å². The van der Waals surface area contributed by atoms with Crippen LogP contribution in [0.15, 0.2) is 42.5 Å². The van der Waals surface area contributed by atoms with Gasteiger partial charge in [0.25, 0.3) is 0 Å². The molecule has 0 amide bonds. The number of phenols is 1. The van der Waals surface area contributed by atoms with Crippen LogP contribution in [0.25, 0.3) is 11.1 Å². The predicted octanol–water partition coefficient (Wildman–Crippen LogP) is 3.85. The number of phenolic OH excluding ortho intramolecular Hbond substituents is 1. The van der Waals surface area contributed by atoms with Crippen molar-refractivity contribution >= 4 is 11.6 Å². The van der Waals surface area contributed by atoms with E-state index in [1.165, 1.54) is 18.2 Å². The van der Waals surface area contributed by atoms with Gasteiger partial charge in [-0.15, -0.1) is 0 Å². The van der Waals surface area contributed by atoms with Gasteiger partial charge in [0, 0.05) is 0 Å². The van der Waals surface area contributed by atoms with Gasteiger partial charge in [-0.1, -0.05) is 29.8 Å². The van der Waals surface area contributed by atoms with E-state index in [0.29, 0.717) is 0 Å². The van der Waals surface area contributed by atoms with Crippen LogP contribution in [-0.4, -0.2) is 5.11 Å². The first-order valence-electron chi connectivity index (χ1n) is 4.41. The number of hydrogen-bond acceptors (Lipinski definition) is 1. The van der Waals surface area contributed by atoms with Crippen LogP contribution in [-0.2, 0) is 0 Å². The first-order valence-corrected chi connectivity index (χ1v) is 4.79. The Morgan fingerprint density at radius 3 is 2.13 bits per heavy atom. The molecule has 2 rings (SSSR count). The SMILES string of the molecule is Oc1ccc(-c2ccc(F)cc2)cc1Cl. The molecule has 76 valence electrons. The van der Waals surface area contributed by atoms with E-state index in [2.05, 4.69) is 0 Å². The molecule has 0 saturated carbocycles. The van der Waals surface area contributed by atoms with Crippen molar-refractivity contribution in [3.8, 4) is 16.9 Å². The summed E-state index contributed by atoms with van der Waals surface area (Å²) in [6.07, 6.45) is 0. The van der Waals surface area contributed by atoms with Crippen LogP contribution in [0.1, 0.15) is 0 Å². The fourth-order valence-corrected chi connectivity index (χ4v) is 1.51. The lowest BCUT2D eigenvalue weighted by Crippen LogP contribution is -1.79. The zero-order chi connectivity index (χ0) is 10.8. The van der Waals surface area contributed by atoms with E-state index in [9.17, 15) is 9.50 Å². The third-order valence-corrected chi connectivity index (χ3v) is 2.43. The molecule has 0 aliphatic carbocycles. The summed E-state index contributed by atoms with van der Waals surface area (Å²) in [4.78, 5) is 0. The average molecular weight is 223 g/mol. The van der Waals surface area contributed by atoms with Crippen LogP contribution in [0.3, 0.4) is 0 Å². The highest BCUT2D eigenvalue weighted by Crippen LogP contribution is 2.29. The lowest BCUT2D eigenvalue weighted by molar-refractivity contribution is 0.475. The summed E-state index contributed by atoms with van der Waals surface area (Å²) in [6, 6.07) is 11.0. The molecule has 0 spiro atoms. The molecule has 3 heteroatoms. The minimum Gasteiger partial charge on any atom is -0.506 e. The Labute approximate surface area is 91.8 Å². The van der Waals surface area contributed by atoms with Crippen LogP contribution in [0.2, 0.25) is 5.02 Å². The number of halogens is 2. The fourth-order valence-electron chi connectivity index (χ4n) is 1.33. The summed E-state index contributed by atoms with van der Waals surface area (Å²) in [7, 11) is 0. The third kappa shape index (κ3) is 2.10. The average Bonchev–Trinajstić information content (AvgIpc) is 2.23. The molecular weight excluding hydrogens is 215 g/mol. The van der Waals surface area contributed by atoms with Crippen LogP contribution in [0.4, 0.5) is 4.39 Å². The van der Waals surface area contributed by atoms with Crippen LogP contribution in [0.5, 0.6) is 5.75 Å². The van der Waals surface area contributed by atoms with Gasteiger partial charge in [-0.2, -0.15) is 0 Å². The zero-order valence-corrected chi connectivity index (χ0v) is 8.50. The first kappa shape index (κ1) is 9.99. The van der Waals surface area contributed by atoms with E-state index in [0.717, 1.165) is 11.1 Å². The molecule has 0 heterocycles. The van der Waals surface area contributed by atoms with Gasteiger partial charge >= 0.3 is 0 Å². The second-order valence-corrected chi connectivity index (χ2v) is 3.58. The molecule has 0 unspecified atom stereocenters. The van der Waals surface area contributed by atoms with Crippen molar-refractivity contribution in [3.05, 3.63) is 53.3 Å². The van der Waals surface area contributed by atoms with E-state index >= 15 is 0 Å². The number of rotatable bonds is 1. The van der Waals surface area contributed by atoms with E-state index < -0.39 is 0 Å². The Hall–Kier alpha value is -1.54. The fraction of sp³-hybridized carbons (Fsp3) is 0. The highest BCUT2D eigenvalue weighted by Gasteiger charge is 2.02. The molecule has 0 aromatic heterocycles. The molecule has 0 saturated heterocycles. The smallest absolute Gasteiger partial charge is 0.134 e. The Morgan fingerprint density at radius 2 is 1.53 bits per heavy atom. The maximum Gasteiger partial charge on any atom is 0.134 e. The van der Waals surface area contributed by atoms with Crippen molar-refractivity contribution in [2.24, 2.45) is 0 Å². The van der Waals surface area contributed by atoms with Gasteiger partial charge in [0.1, 0.15) is 11.6 Å². The van der Waals surface area contributed by atoms with Crippen molar-refractivity contribution in [2.75, 3.05) is 0 Å². The lowest BCUT2D eigenvalue weighted by Gasteiger charge is -2.03. The molecule has 15 heavy (non-hydrogen) atoms. The molecule has 0 bridgehead atoms. The second-order valence-electron chi connectivity index (χ2n) is 3.17. The summed E-state index contributed by atoms with van der Waals surface area (Å²) in [5.41, 5.74) is 1.70. The van der Waals surface area contributed by atoms with Gasteiger partial charge in [-0.3, -0.25) is 0 Å². The Balaban J connectivity index is 2.45. The lowest BCUT2D eigenvalue weighted by atomic mass is 10.1. The van der Waals surface area contributed by atoms with E-state index in [1.807, 2.05) is 0 Å². The van der Waals surface area contributed by atoms with Crippen LogP contribution < -0.4 is 0 Å². The highest BCUT2D eigenvalue weighted by atomic mass is 35.5. The minimum absolute atomic E-state index is 0.0440. The number of aromatic hydroxyl groups is 1. The predicted molar refractivity (Wildman–Crippen MR) is 58.5 cm³/mol. The van der Waals surface area contributed by atoms with Crippen LogP contribution >= 0.6 is 11.6 Å². The molecule has 0 radical (unpaired) electrons. The molecule has 0 atom stereocenters. The molecular formula is C12H8ClFO. The Kier molecular flexibility index (Phi) is 2.60. The van der Waals surface area contributed by atoms with Crippen molar-refractivity contribution in [1.82, 2.24) is 0 Å². The van der Waals surface area contributed by atoms with Gasteiger partial charge in [-0.25, -0.2) is 4.39 Å². The van der Waals surface area contributed by atoms with Crippen molar-refractivity contribution < 1.29 is 9.50 Å².